The van der Waals surface area contributed by atoms with Crippen molar-refractivity contribution in [1.29, 1.82) is 0 Å². The maximum absolute atomic E-state index is 11.7. The van der Waals surface area contributed by atoms with E-state index in [0.29, 0.717) is 17.0 Å². The second kappa shape index (κ2) is 7.11. The number of nitrogens with zero attached hydrogens (tertiary/aromatic N) is 2. The number of pyridine rings is 1. The number of hydrogen-bond acceptors (Lipinski definition) is 5. The van der Waals surface area contributed by atoms with Crippen LogP contribution >= 0.6 is 0 Å². The van der Waals surface area contributed by atoms with E-state index < -0.39 is 11.2 Å². The van der Waals surface area contributed by atoms with Gasteiger partial charge in [0.15, 0.2) is 0 Å². The Morgan fingerprint density at radius 3 is 2.86 bits per heavy atom. The van der Waals surface area contributed by atoms with Crippen molar-refractivity contribution < 1.29 is 4.79 Å². The minimum atomic E-state index is -0.560. The third-order valence-corrected chi connectivity index (χ3v) is 2.93. The molecule has 2 aromatic rings. The van der Waals surface area contributed by atoms with E-state index in [2.05, 4.69) is 25.5 Å². The zero-order chi connectivity index (χ0) is 15.9. The second-order valence-corrected chi connectivity index (χ2v) is 4.56. The number of nitrogens with one attached hydrogen (secondary N) is 3. The van der Waals surface area contributed by atoms with Crippen molar-refractivity contribution >= 4 is 12.1 Å². The standard InChI is InChI=1S/C14H15N5O3/c1-9-11(13(21)18-14(22)17-9)5-6-12(20)19-16-8-10-4-2-3-7-15-10/h2-4,7-8H,5-6H2,1H3,(H,19,20)(H2,17,18,21,22)/b16-8+. The molecule has 114 valence electrons. The lowest BCUT2D eigenvalue weighted by Crippen LogP contribution is -2.28. The minimum Gasteiger partial charge on any atom is -0.311 e. The van der Waals surface area contributed by atoms with Crippen LogP contribution in [-0.4, -0.2) is 27.1 Å². The molecule has 8 nitrogen and oxygen atoms in total. The Hall–Kier alpha value is -3.03. The van der Waals surface area contributed by atoms with Crippen LogP contribution in [0.1, 0.15) is 23.4 Å². The average molecular weight is 301 g/mol. The molecule has 0 bridgehead atoms. The Balaban J connectivity index is 1.90. The van der Waals surface area contributed by atoms with Gasteiger partial charge in [0, 0.05) is 23.9 Å². The Morgan fingerprint density at radius 2 is 2.18 bits per heavy atom. The molecule has 0 aliphatic carbocycles. The molecule has 0 aliphatic rings. The van der Waals surface area contributed by atoms with Gasteiger partial charge in [-0.15, -0.1) is 0 Å². The zero-order valence-corrected chi connectivity index (χ0v) is 11.9. The van der Waals surface area contributed by atoms with E-state index in [-0.39, 0.29) is 18.7 Å². The highest BCUT2D eigenvalue weighted by Crippen LogP contribution is 1.99. The number of rotatable bonds is 5. The van der Waals surface area contributed by atoms with Crippen LogP contribution in [0.5, 0.6) is 0 Å². The van der Waals surface area contributed by atoms with Gasteiger partial charge >= 0.3 is 5.69 Å². The highest BCUT2D eigenvalue weighted by molar-refractivity contribution is 5.80. The fraction of sp³-hybridized carbons (Fsp3) is 0.214. The van der Waals surface area contributed by atoms with Crippen LogP contribution in [0, 0.1) is 6.92 Å². The van der Waals surface area contributed by atoms with Crippen LogP contribution in [0.4, 0.5) is 0 Å². The molecule has 0 saturated carbocycles. The summed E-state index contributed by atoms with van der Waals surface area (Å²) in [5.41, 5.74) is 2.77. The molecule has 0 spiro atoms. The lowest BCUT2D eigenvalue weighted by molar-refractivity contribution is -0.121. The fourth-order valence-corrected chi connectivity index (χ4v) is 1.84. The van der Waals surface area contributed by atoms with Crippen LogP contribution < -0.4 is 16.7 Å². The summed E-state index contributed by atoms with van der Waals surface area (Å²) < 4.78 is 0. The molecule has 0 unspecified atom stereocenters. The molecular weight excluding hydrogens is 286 g/mol. The average Bonchev–Trinajstić information content (AvgIpc) is 2.47. The van der Waals surface area contributed by atoms with Gasteiger partial charge in [-0.25, -0.2) is 10.2 Å². The van der Waals surface area contributed by atoms with Crippen molar-refractivity contribution in [3.05, 3.63) is 62.2 Å². The van der Waals surface area contributed by atoms with E-state index in [0.717, 1.165) is 0 Å². The number of carbonyl (C=O) groups is 1. The maximum atomic E-state index is 11.7. The van der Waals surface area contributed by atoms with Crippen molar-refractivity contribution in [3.63, 3.8) is 0 Å². The van der Waals surface area contributed by atoms with Gasteiger partial charge in [-0.05, 0) is 25.5 Å². The fourth-order valence-electron chi connectivity index (χ4n) is 1.84. The molecule has 2 heterocycles. The Bertz CT molecular complexity index is 792. The summed E-state index contributed by atoms with van der Waals surface area (Å²) in [6, 6.07) is 5.33. The van der Waals surface area contributed by atoms with Crippen LogP contribution in [-0.2, 0) is 11.2 Å². The number of hydrogen-bond donors (Lipinski definition) is 3. The lowest BCUT2D eigenvalue weighted by atomic mass is 10.1. The molecule has 0 aromatic carbocycles. The first-order chi connectivity index (χ1) is 10.6. The first-order valence-electron chi connectivity index (χ1n) is 6.61. The van der Waals surface area contributed by atoms with Crippen molar-refractivity contribution in [2.24, 2.45) is 5.10 Å². The van der Waals surface area contributed by atoms with Crippen molar-refractivity contribution in [1.82, 2.24) is 20.4 Å². The van der Waals surface area contributed by atoms with E-state index in [1.165, 1.54) is 6.21 Å². The van der Waals surface area contributed by atoms with Gasteiger partial charge in [0.05, 0.1) is 11.9 Å². The Kier molecular flexibility index (Phi) is 4.97. The van der Waals surface area contributed by atoms with Gasteiger partial charge in [-0.2, -0.15) is 5.10 Å². The lowest BCUT2D eigenvalue weighted by Gasteiger charge is -2.03. The van der Waals surface area contributed by atoms with Gasteiger partial charge < -0.3 is 4.98 Å². The molecule has 22 heavy (non-hydrogen) atoms. The molecule has 0 radical (unpaired) electrons. The van der Waals surface area contributed by atoms with Crippen molar-refractivity contribution in [2.75, 3.05) is 0 Å². The van der Waals surface area contributed by atoms with E-state index in [9.17, 15) is 14.4 Å². The van der Waals surface area contributed by atoms with E-state index in [1.807, 2.05) is 0 Å². The SMILES string of the molecule is Cc1[nH]c(=O)[nH]c(=O)c1CCC(=O)N/N=C/c1ccccn1. The maximum Gasteiger partial charge on any atom is 0.325 e. The molecule has 0 atom stereocenters. The van der Waals surface area contributed by atoms with E-state index >= 15 is 0 Å². The number of hydrazone groups is 1. The first kappa shape index (κ1) is 15.4. The van der Waals surface area contributed by atoms with Crippen LogP contribution in [0.2, 0.25) is 0 Å². The van der Waals surface area contributed by atoms with Gasteiger partial charge in [0.1, 0.15) is 0 Å². The largest absolute Gasteiger partial charge is 0.325 e. The van der Waals surface area contributed by atoms with Crippen LogP contribution in [0.25, 0.3) is 0 Å². The van der Waals surface area contributed by atoms with E-state index in [1.54, 1.807) is 31.3 Å². The molecule has 1 amide bonds. The summed E-state index contributed by atoms with van der Waals surface area (Å²) >= 11 is 0. The monoisotopic (exact) mass is 301 g/mol. The number of carbonyl (C=O) groups excluding carboxylic acids is 1. The smallest absolute Gasteiger partial charge is 0.311 e. The summed E-state index contributed by atoms with van der Waals surface area (Å²) in [6.45, 7) is 1.61. The van der Waals surface area contributed by atoms with Crippen molar-refractivity contribution in [2.45, 2.75) is 19.8 Å². The molecule has 2 rings (SSSR count). The number of aromatic amines is 2. The molecular formula is C14H15N5O3. The second-order valence-electron chi connectivity index (χ2n) is 4.56. The first-order valence-corrected chi connectivity index (χ1v) is 6.61. The third kappa shape index (κ3) is 4.23. The quantitative estimate of drug-likeness (QED) is 0.525. The highest BCUT2D eigenvalue weighted by atomic mass is 16.2. The number of H-pyrrole nitrogens is 2. The number of aromatic nitrogens is 3. The topological polar surface area (TPSA) is 120 Å². The summed E-state index contributed by atoms with van der Waals surface area (Å²) in [6.07, 6.45) is 3.34. The van der Waals surface area contributed by atoms with Gasteiger partial charge in [-0.3, -0.25) is 19.6 Å². The Labute approximate surface area is 125 Å². The summed E-state index contributed by atoms with van der Waals surface area (Å²) in [7, 11) is 0. The van der Waals surface area contributed by atoms with Gasteiger partial charge in [0.2, 0.25) is 5.91 Å². The summed E-state index contributed by atoms with van der Waals surface area (Å²) in [5, 5.41) is 3.78. The zero-order valence-electron chi connectivity index (χ0n) is 11.9. The van der Waals surface area contributed by atoms with Gasteiger partial charge in [-0.1, -0.05) is 6.07 Å². The summed E-state index contributed by atoms with van der Waals surface area (Å²) in [5.74, 6) is -0.336. The predicted molar refractivity (Wildman–Crippen MR) is 80.7 cm³/mol. The summed E-state index contributed by atoms with van der Waals surface area (Å²) in [4.78, 5) is 43.0. The van der Waals surface area contributed by atoms with Crippen LogP contribution in [0.15, 0.2) is 39.1 Å². The van der Waals surface area contributed by atoms with Crippen LogP contribution in [0.3, 0.4) is 0 Å². The Morgan fingerprint density at radius 1 is 1.36 bits per heavy atom. The molecule has 2 aromatic heterocycles. The predicted octanol–water partition coefficient (Wildman–Crippen LogP) is -0.150. The minimum absolute atomic E-state index is 0.0789. The van der Waals surface area contributed by atoms with E-state index in [4.69, 9.17) is 0 Å². The molecule has 8 heteroatoms. The van der Waals surface area contributed by atoms with Gasteiger partial charge in [0.25, 0.3) is 5.56 Å². The van der Waals surface area contributed by atoms with Crippen molar-refractivity contribution in [3.8, 4) is 0 Å². The number of aryl methyl sites for hydroxylation is 1. The molecule has 0 saturated heterocycles. The molecule has 3 N–H and O–H groups in total. The number of amides is 1. The molecule has 0 aliphatic heterocycles. The third-order valence-electron chi connectivity index (χ3n) is 2.93. The highest BCUT2D eigenvalue weighted by Gasteiger charge is 2.08. The normalized spacial score (nSPS) is 10.8. The molecule has 0 fully saturated rings.